The molecule has 2 heterocycles. The number of rotatable bonds is 6. The highest BCUT2D eigenvalue weighted by molar-refractivity contribution is 8.00. The van der Waals surface area contributed by atoms with Crippen LogP contribution in [-0.4, -0.2) is 22.2 Å². The van der Waals surface area contributed by atoms with Gasteiger partial charge in [-0.25, -0.2) is 4.98 Å². The topological polar surface area (TPSA) is 50.7 Å². The summed E-state index contributed by atoms with van der Waals surface area (Å²) in [6, 6.07) is 8.71. The molecule has 0 saturated heterocycles. The molecule has 0 bridgehead atoms. The first kappa shape index (κ1) is 16.4. The Morgan fingerprint density at radius 1 is 1.17 bits per heavy atom. The molecule has 1 N–H and O–H groups in total. The van der Waals surface area contributed by atoms with Crippen molar-refractivity contribution in [3.8, 4) is 10.6 Å². The van der Waals surface area contributed by atoms with Gasteiger partial charge in [0.1, 0.15) is 5.01 Å². The average Bonchev–Trinajstić information content (AvgIpc) is 3.22. The van der Waals surface area contributed by atoms with Crippen LogP contribution in [0.15, 0.2) is 34.0 Å². The average molecular weight is 363 g/mol. The second-order valence-corrected chi connectivity index (χ2v) is 8.39. The summed E-state index contributed by atoms with van der Waals surface area (Å²) in [6.45, 7) is 4.42. The van der Waals surface area contributed by atoms with Crippen molar-refractivity contribution in [3.05, 3.63) is 40.9 Å². The number of nitrogens with one attached hydrogen (secondary N) is 1. The first-order valence-corrected chi connectivity index (χ1v) is 10.0. The van der Waals surface area contributed by atoms with Crippen LogP contribution in [0.5, 0.6) is 0 Å². The van der Waals surface area contributed by atoms with Crippen molar-refractivity contribution >= 4 is 39.6 Å². The summed E-state index contributed by atoms with van der Waals surface area (Å²) < 4.78 is 0.963. The monoisotopic (exact) mass is 362 g/mol. The van der Waals surface area contributed by atoms with E-state index in [-0.39, 0.29) is 0 Å². The maximum Gasteiger partial charge on any atom is 0.206 e. The van der Waals surface area contributed by atoms with Gasteiger partial charge in [0, 0.05) is 23.7 Å². The van der Waals surface area contributed by atoms with Crippen LogP contribution in [0.1, 0.15) is 31.0 Å². The molecule has 4 nitrogen and oxygen atoms in total. The molecule has 0 atom stereocenters. The van der Waals surface area contributed by atoms with Gasteiger partial charge in [0.15, 0.2) is 4.34 Å². The van der Waals surface area contributed by atoms with Crippen LogP contribution in [0.25, 0.3) is 10.6 Å². The third kappa shape index (κ3) is 4.10. The van der Waals surface area contributed by atoms with Crippen LogP contribution in [0.3, 0.4) is 0 Å². The lowest BCUT2D eigenvalue weighted by molar-refractivity contribution is 0.867. The van der Waals surface area contributed by atoms with Gasteiger partial charge in [-0.3, -0.25) is 0 Å². The van der Waals surface area contributed by atoms with E-state index in [4.69, 9.17) is 4.98 Å². The number of benzene rings is 1. The van der Waals surface area contributed by atoms with Crippen molar-refractivity contribution in [2.45, 2.75) is 29.9 Å². The lowest BCUT2D eigenvalue weighted by atomic mass is 10.0. The molecule has 0 radical (unpaired) electrons. The fraction of sp³-hybridized carbons (Fsp3) is 0.312. The van der Waals surface area contributed by atoms with E-state index in [0.717, 1.165) is 25.9 Å². The Morgan fingerprint density at radius 2 is 1.96 bits per heavy atom. The number of hydrogen-bond donors (Lipinski definition) is 1. The fourth-order valence-electron chi connectivity index (χ4n) is 2.02. The first-order valence-electron chi connectivity index (χ1n) is 7.34. The molecule has 0 saturated carbocycles. The Kier molecular flexibility index (Phi) is 5.30. The zero-order valence-electron chi connectivity index (χ0n) is 13.2. The van der Waals surface area contributed by atoms with Crippen molar-refractivity contribution in [2.24, 2.45) is 0 Å². The van der Waals surface area contributed by atoms with E-state index in [0.29, 0.717) is 5.92 Å². The third-order valence-electron chi connectivity index (χ3n) is 3.34. The van der Waals surface area contributed by atoms with Gasteiger partial charge in [0.05, 0.1) is 5.69 Å². The summed E-state index contributed by atoms with van der Waals surface area (Å²) in [4.78, 5) is 4.74. The molecule has 3 rings (SSSR count). The maximum atomic E-state index is 4.74. The molecule has 0 fully saturated rings. The van der Waals surface area contributed by atoms with Gasteiger partial charge in [0.2, 0.25) is 5.13 Å². The largest absolute Gasteiger partial charge is 0.363 e. The van der Waals surface area contributed by atoms with Crippen LogP contribution >= 0.6 is 34.4 Å². The molecule has 0 unspecified atom stereocenters. The minimum atomic E-state index is 0.557. The minimum absolute atomic E-state index is 0.557. The van der Waals surface area contributed by atoms with Crippen LogP contribution in [0.4, 0.5) is 5.13 Å². The standard InChI is InChI=1S/C16H18N4S3/c1-10(2)11-4-6-12(7-5-11)14-18-13(8-21-14)9-22-16-20-19-15(17-3)23-16/h4-8,10H,9H2,1-3H3,(H,17,19). The molecule has 0 aliphatic rings. The summed E-state index contributed by atoms with van der Waals surface area (Å²) in [5, 5.41) is 15.2. The van der Waals surface area contributed by atoms with Crippen LogP contribution in [-0.2, 0) is 5.75 Å². The summed E-state index contributed by atoms with van der Waals surface area (Å²) in [5.74, 6) is 1.38. The third-order valence-corrected chi connectivity index (χ3v) is 6.39. The van der Waals surface area contributed by atoms with Crippen LogP contribution in [0.2, 0.25) is 0 Å². The predicted molar refractivity (Wildman–Crippen MR) is 101 cm³/mol. The van der Waals surface area contributed by atoms with Crippen LogP contribution in [0, 0.1) is 0 Å². The summed E-state index contributed by atoms with van der Waals surface area (Å²) in [7, 11) is 1.85. The van der Waals surface area contributed by atoms with E-state index in [9.17, 15) is 0 Å². The summed E-state index contributed by atoms with van der Waals surface area (Å²) in [6.07, 6.45) is 0. The van der Waals surface area contributed by atoms with E-state index in [1.165, 1.54) is 11.1 Å². The fourth-order valence-corrected chi connectivity index (χ4v) is 4.55. The summed E-state index contributed by atoms with van der Waals surface area (Å²) >= 11 is 4.93. The van der Waals surface area contributed by atoms with Gasteiger partial charge in [-0.2, -0.15) is 0 Å². The van der Waals surface area contributed by atoms with Gasteiger partial charge >= 0.3 is 0 Å². The number of anilines is 1. The quantitative estimate of drug-likeness (QED) is 0.617. The van der Waals surface area contributed by atoms with Gasteiger partial charge in [-0.15, -0.1) is 21.5 Å². The van der Waals surface area contributed by atoms with Gasteiger partial charge in [0.25, 0.3) is 0 Å². The lowest BCUT2D eigenvalue weighted by Crippen LogP contribution is -1.87. The molecule has 120 valence electrons. The molecule has 3 aromatic rings. The molecule has 0 aliphatic heterocycles. The Hall–Kier alpha value is -1.44. The Morgan fingerprint density at radius 3 is 2.61 bits per heavy atom. The van der Waals surface area contributed by atoms with E-state index in [1.807, 2.05) is 7.05 Å². The number of nitrogens with zero attached hydrogens (tertiary/aromatic N) is 3. The number of hydrogen-bond acceptors (Lipinski definition) is 7. The van der Waals surface area contributed by atoms with Gasteiger partial charge in [-0.05, 0) is 11.5 Å². The van der Waals surface area contributed by atoms with E-state index in [2.05, 4.69) is 59.0 Å². The molecule has 0 amide bonds. The summed E-state index contributed by atoms with van der Waals surface area (Å²) in [5.41, 5.74) is 3.63. The molecule has 7 heteroatoms. The zero-order chi connectivity index (χ0) is 16.2. The zero-order valence-corrected chi connectivity index (χ0v) is 15.7. The number of aromatic nitrogens is 3. The normalized spacial score (nSPS) is 11.1. The van der Waals surface area contributed by atoms with Crippen molar-refractivity contribution in [2.75, 3.05) is 12.4 Å². The highest BCUT2D eigenvalue weighted by Crippen LogP contribution is 2.31. The maximum absolute atomic E-state index is 4.74. The van der Waals surface area contributed by atoms with Crippen molar-refractivity contribution in [3.63, 3.8) is 0 Å². The molecular weight excluding hydrogens is 344 g/mol. The highest BCUT2D eigenvalue weighted by Gasteiger charge is 2.08. The Labute approximate surface area is 148 Å². The van der Waals surface area contributed by atoms with Gasteiger partial charge in [-0.1, -0.05) is 61.2 Å². The lowest BCUT2D eigenvalue weighted by Gasteiger charge is -2.05. The predicted octanol–water partition coefficient (Wildman–Crippen LogP) is 5.12. The molecule has 23 heavy (non-hydrogen) atoms. The van der Waals surface area contributed by atoms with Crippen LogP contribution < -0.4 is 5.32 Å². The van der Waals surface area contributed by atoms with E-state index in [1.54, 1.807) is 34.4 Å². The second kappa shape index (κ2) is 7.42. The van der Waals surface area contributed by atoms with Crippen molar-refractivity contribution in [1.82, 2.24) is 15.2 Å². The molecule has 1 aromatic carbocycles. The van der Waals surface area contributed by atoms with E-state index < -0.39 is 0 Å². The van der Waals surface area contributed by atoms with Gasteiger partial charge < -0.3 is 5.32 Å². The van der Waals surface area contributed by atoms with Crippen molar-refractivity contribution in [1.29, 1.82) is 0 Å². The number of thioether (sulfide) groups is 1. The molecule has 0 spiro atoms. The smallest absolute Gasteiger partial charge is 0.206 e. The first-order chi connectivity index (χ1) is 11.2. The Balaban J connectivity index is 1.65. The van der Waals surface area contributed by atoms with E-state index >= 15 is 0 Å². The molecular formula is C16H18N4S3. The molecule has 2 aromatic heterocycles. The number of thiazole rings is 1. The van der Waals surface area contributed by atoms with Crippen molar-refractivity contribution < 1.29 is 0 Å². The SMILES string of the molecule is CNc1nnc(SCc2csc(-c3ccc(C(C)C)cc3)n2)s1. The molecule has 0 aliphatic carbocycles. The second-order valence-electron chi connectivity index (χ2n) is 5.33. The Bertz CT molecular complexity index is 762. The minimum Gasteiger partial charge on any atom is -0.363 e. The highest BCUT2D eigenvalue weighted by atomic mass is 32.2.